The summed E-state index contributed by atoms with van der Waals surface area (Å²) in [7, 11) is 0. The maximum Gasteiger partial charge on any atom is 0.417 e. The Balaban J connectivity index is 2.02. The highest BCUT2D eigenvalue weighted by atomic mass is 35.5. The second-order valence-corrected chi connectivity index (χ2v) is 7.47. The molecule has 1 heterocycles. The van der Waals surface area contributed by atoms with E-state index < -0.39 is 46.5 Å². The highest BCUT2D eigenvalue weighted by molar-refractivity contribution is 6.31. The fourth-order valence-corrected chi connectivity index (χ4v) is 3.45. The Morgan fingerprint density at radius 1 is 1.16 bits per heavy atom. The van der Waals surface area contributed by atoms with Crippen molar-refractivity contribution in [2.24, 2.45) is 0 Å². The van der Waals surface area contributed by atoms with Gasteiger partial charge in [0.1, 0.15) is 6.54 Å². The van der Waals surface area contributed by atoms with E-state index in [1.807, 2.05) is 6.92 Å². The van der Waals surface area contributed by atoms with Crippen LogP contribution in [0.15, 0.2) is 52.1 Å². The first kappa shape index (κ1) is 22.6. The number of carbonyl (C=O) groups excluding carboxylic acids is 1. The van der Waals surface area contributed by atoms with Crippen molar-refractivity contribution in [3.63, 3.8) is 0 Å². The molecule has 3 rings (SSSR count). The molecule has 1 amide bonds. The average Bonchev–Trinajstić information content (AvgIpc) is 2.71. The molecule has 10 heteroatoms. The van der Waals surface area contributed by atoms with Gasteiger partial charge in [-0.25, -0.2) is 4.79 Å². The molecule has 6 nitrogen and oxygen atoms in total. The van der Waals surface area contributed by atoms with Crippen molar-refractivity contribution < 1.29 is 18.0 Å². The van der Waals surface area contributed by atoms with Crippen LogP contribution in [0.5, 0.6) is 0 Å². The SMILES string of the molecule is CCC(C)n1c(=O)c2ccccc2n(CC(=O)Nc2ccc(Cl)c(C(F)(F)F)c2)c1=O. The topological polar surface area (TPSA) is 73.1 Å². The minimum atomic E-state index is -4.68. The molecule has 2 aromatic carbocycles. The lowest BCUT2D eigenvalue weighted by Crippen LogP contribution is -2.43. The van der Waals surface area contributed by atoms with Crippen LogP contribution in [0.2, 0.25) is 5.02 Å². The average molecular weight is 454 g/mol. The third-order valence-corrected chi connectivity index (χ3v) is 5.30. The first-order valence-corrected chi connectivity index (χ1v) is 9.83. The summed E-state index contributed by atoms with van der Waals surface area (Å²) in [6.45, 7) is 3.05. The standard InChI is InChI=1S/C21H19ClF3N3O3/c1-3-12(2)28-19(30)14-6-4-5-7-17(14)27(20(28)31)11-18(29)26-13-8-9-16(22)15(10-13)21(23,24)25/h4-10,12H,3,11H2,1-2H3,(H,26,29). The third-order valence-electron chi connectivity index (χ3n) is 4.97. The van der Waals surface area contributed by atoms with Gasteiger partial charge in [0.25, 0.3) is 5.56 Å². The lowest BCUT2D eigenvalue weighted by molar-refractivity contribution is -0.137. The van der Waals surface area contributed by atoms with Crippen LogP contribution in [0.25, 0.3) is 10.9 Å². The number of nitrogens with one attached hydrogen (secondary N) is 1. The van der Waals surface area contributed by atoms with E-state index in [1.54, 1.807) is 25.1 Å². The summed E-state index contributed by atoms with van der Waals surface area (Å²) < 4.78 is 41.4. The van der Waals surface area contributed by atoms with E-state index in [9.17, 15) is 27.6 Å². The lowest BCUT2D eigenvalue weighted by Gasteiger charge is -2.17. The van der Waals surface area contributed by atoms with Crippen molar-refractivity contribution in [2.45, 2.75) is 39.0 Å². The molecule has 1 aromatic heterocycles. The smallest absolute Gasteiger partial charge is 0.325 e. The van der Waals surface area contributed by atoms with E-state index in [2.05, 4.69) is 5.32 Å². The normalized spacial score (nSPS) is 12.7. The number of fused-ring (bicyclic) bond motifs is 1. The maximum absolute atomic E-state index is 13.1. The van der Waals surface area contributed by atoms with Crippen molar-refractivity contribution in [1.82, 2.24) is 9.13 Å². The largest absolute Gasteiger partial charge is 0.417 e. The highest BCUT2D eigenvalue weighted by Gasteiger charge is 2.33. The number of carbonyl (C=O) groups is 1. The minimum absolute atomic E-state index is 0.116. The van der Waals surface area contributed by atoms with Gasteiger partial charge in [0.15, 0.2) is 0 Å². The van der Waals surface area contributed by atoms with E-state index in [1.165, 1.54) is 12.1 Å². The molecule has 0 aliphatic carbocycles. The van der Waals surface area contributed by atoms with Crippen LogP contribution in [-0.4, -0.2) is 15.0 Å². The predicted molar refractivity (Wildman–Crippen MR) is 113 cm³/mol. The van der Waals surface area contributed by atoms with Crippen molar-refractivity contribution in [2.75, 3.05) is 5.32 Å². The first-order valence-electron chi connectivity index (χ1n) is 9.45. The summed E-state index contributed by atoms with van der Waals surface area (Å²) in [5, 5.41) is 2.13. The predicted octanol–water partition coefficient (Wildman–Crippen LogP) is 4.45. The van der Waals surface area contributed by atoms with Gasteiger partial charge in [-0.15, -0.1) is 0 Å². The van der Waals surface area contributed by atoms with Crippen LogP contribution in [0, 0.1) is 0 Å². The van der Waals surface area contributed by atoms with Crippen LogP contribution in [0.1, 0.15) is 31.9 Å². The molecule has 3 aromatic rings. The molecule has 0 aliphatic heterocycles. The van der Waals surface area contributed by atoms with E-state index in [4.69, 9.17) is 11.6 Å². The number of hydrogen-bond donors (Lipinski definition) is 1. The van der Waals surface area contributed by atoms with Crippen LogP contribution < -0.4 is 16.6 Å². The number of nitrogens with zero attached hydrogens (tertiary/aromatic N) is 2. The minimum Gasteiger partial charge on any atom is -0.325 e. The fraction of sp³-hybridized carbons (Fsp3) is 0.286. The Bertz CT molecular complexity index is 1260. The molecule has 0 aliphatic rings. The summed E-state index contributed by atoms with van der Waals surface area (Å²) in [6.07, 6.45) is -4.17. The van der Waals surface area contributed by atoms with Gasteiger partial charge in [-0.1, -0.05) is 30.7 Å². The van der Waals surface area contributed by atoms with Gasteiger partial charge >= 0.3 is 11.9 Å². The fourth-order valence-electron chi connectivity index (χ4n) is 3.23. The van der Waals surface area contributed by atoms with Crippen LogP contribution in [-0.2, 0) is 17.5 Å². The summed E-state index contributed by atoms with van der Waals surface area (Å²) in [5.41, 5.74) is -2.06. The van der Waals surface area contributed by atoms with Crippen molar-refractivity contribution in [3.8, 4) is 0 Å². The molecule has 31 heavy (non-hydrogen) atoms. The quantitative estimate of drug-likeness (QED) is 0.620. The van der Waals surface area contributed by atoms with Gasteiger partial charge in [0, 0.05) is 11.7 Å². The van der Waals surface area contributed by atoms with Crippen LogP contribution in [0.3, 0.4) is 0 Å². The van der Waals surface area contributed by atoms with Crippen molar-refractivity contribution in [3.05, 3.63) is 73.9 Å². The number of anilines is 1. The van der Waals surface area contributed by atoms with Gasteiger partial charge in [-0.05, 0) is 43.7 Å². The molecule has 0 spiro atoms. The Morgan fingerprint density at radius 2 is 1.84 bits per heavy atom. The van der Waals surface area contributed by atoms with E-state index in [-0.39, 0.29) is 16.6 Å². The lowest BCUT2D eigenvalue weighted by atomic mass is 10.2. The molecule has 0 radical (unpaired) electrons. The van der Waals surface area contributed by atoms with Gasteiger partial charge in [0.05, 0.1) is 21.5 Å². The first-order chi connectivity index (χ1) is 14.5. The number of benzene rings is 2. The molecule has 1 unspecified atom stereocenters. The van der Waals surface area contributed by atoms with Gasteiger partial charge in [-0.2, -0.15) is 13.2 Å². The molecule has 0 saturated heterocycles. The van der Waals surface area contributed by atoms with Crippen LogP contribution in [0.4, 0.5) is 18.9 Å². The summed E-state index contributed by atoms with van der Waals surface area (Å²) in [5.74, 6) is -0.725. The van der Waals surface area contributed by atoms with E-state index in [0.717, 1.165) is 21.3 Å². The molecule has 0 bridgehead atoms. The molecule has 1 N–H and O–H groups in total. The molecule has 1 atom stereocenters. The number of hydrogen-bond acceptors (Lipinski definition) is 3. The summed E-state index contributed by atoms with van der Waals surface area (Å²) >= 11 is 5.60. The van der Waals surface area contributed by atoms with Gasteiger partial charge in [-0.3, -0.25) is 18.7 Å². The molecule has 0 fully saturated rings. The number of aromatic nitrogens is 2. The van der Waals surface area contributed by atoms with E-state index in [0.29, 0.717) is 6.42 Å². The second kappa shape index (κ2) is 8.58. The van der Waals surface area contributed by atoms with E-state index >= 15 is 0 Å². The summed E-state index contributed by atoms with van der Waals surface area (Å²) in [6, 6.07) is 8.95. The van der Waals surface area contributed by atoms with Crippen molar-refractivity contribution >= 4 is 34.1 Å². The number of amides is 1. The number of rotatable bonds is 5. The monoisotopic (exact) mass is 453 g/mol. The Morgan fingerprint density at radius 3 is 2.48 bits per heavy atom. The van der Waals surface area contributed by atoms with Gasteiger partial charge < -0.3 is 5.32 Å². The zero-order chi connectivity index (χ0) is 22.9. The highest BCUT2D eigenvalue weighted by Crippen LogP contribution is 2.36. The number of halogens is 4. The zero-order valence-electron chi connectivity index (χ0n) is 16.7. The molecular weight excluding hydrogens is 435 g/mol. The Kier molecular flexibility index (Phi) is 6.26. The van der Waals surface area contributed by atoms with Crippen LogP contribution >= 0.6 is 11.6 Å². The zero-order valence-corrected chi connectivity index (χ0v) is 17.4. The summed E-state index contributed by atoms with van der Waals surface area (Å²) in [4.78, 5) is 38.4. The Labute approximate surface area is 179 Å². The number of para-hydroxylation sites is 1. The molecule has 0 saturated carbocycles. The molecular formula is C21H19ClF3N3O3. The van der Waals surface area contributed by atoms with Crippen molar-refractivity contribution in [1.29, 1.82) is 0 Å². The van der Waals surface area contributed by atoms with Gasteiger partial charge in [0.2, 0.25) is 5.91 Å². The molecule has 164 valence electrons. The third kappa shape index (κ3) is 4.51. The Hall–Kier alpha value is -3.07. The maximum atomic E-state index is 13.1. The second-order valence-electron chi connectivity index (χ2n) is 7.06. The number of alkyl halides is 3.